The van der Waals surface area contributed by atoms with Crippen LogP contribution in [0.15, 0.2) is 49.0 Å². The first kappa shape index (κ1) is 11.7. The van der Waals surface area contributed by atoms with E-state index < -0.39 is 0 Å². The van der Waals surface area contributed by atoms with Gasteiger partial charge in [-0.05, 0) is 42.3 Å². The van der Waals surface area contributed by atoms with Crippen LogP contribution in [0.25, 0.3) is 5.57 Å². The topological polar surface area (TPSA) is 26.0 Å². The van der Waals surface area contributed by atoms with Gasteiger partial charge in [-0.2, -0.15) is 0 Å². The maximum Gasteiger partial charge on any atom is 0.0406 e. The second-order valence-corrected chi connectivity index (χ2v) is 4.51. The fraction of sp³-hybridized carbons (Fsp3) is 0.0667. The van der Waals surface area contributed by atoms with Gasteiger partial charge in [0.2, 0.25) is 0 Å². The Morgan fingerprint density at radius 2 is 1.76 bits per heavy atom. The lowest BCUT2D eigenvalue weighted by atomic mass is 9.97. The zero-order valence-corrected chi connectivity index (χ0v) is 10.5. The largest absolute Gasteiger partial charge is 0.398 e. The minimum absolute atomic E-state index is 0.721. The Morgan fingerprint density at radius 3 is 2.41 bits per heavy atom. The quantitative estimate of drug-likeness (QED) is 0.783. The van der Waals surface area contributed by atoms with E-state index in [2.05, 4.69) is 6.58 Å². The Balaban J connectivity index is 2.43. The molecule has 0 aromatic heterocycles. The molecule has 86 valence electrons. The summed E-state index contributed by atoms with van der Waals surface area (Å²) in [5, 5.41) is 0.721. The Bertz CT molecular complexity index is 556. The van der Waals surface area contributed by atoms with E-state index in [9.17, 15) is 0 Å². The number of nitrogen functional groups attached to an aromatic ring is 1. The van der Waals surface area contributed by atoms with E-state index in [4.69, 9.17) is 17.3 Å². The number of benzene rings is 2. The molecular formula is C15H14ClN. The summed E-state index contributed by atoms with van der Waals surface area (Å²) in [5.74, 6) is 0. The summed E-state index contributed by atoms with van der Waals surface area (Å²) < 4.78 is 0. The molecule has 2 aromatic rings. The Labute approximate surface area is 107 Å². The van der Waals surface area contributed by atoms with Gasteiger partial charge in [-0.3, -0.25) is 0 Å². The van der Waals surface area contributed by atoms with Crippen LogP contribution in [0.2, 0.25) is 5.02 Å². The molecule has 1 nitrogen and oxygen atoms in total. The standard InChI is InChI=1S/C15H14ClN/c1-10-3-8-15(17)14(9-10)11(2)12-4-6-13(16)7-5-12/h3-9H,2,17H2,1H3. The van der Waals surface area contributed by atoms with Crippen molar-refractivity contribution in [3.63, 3.8) is 0 Å². The SMILES string of the molecule is C=C(c1ccc(Cl)cc1)c1cc(C)ccc1N. The van der Waals surface area contributed by atoms with Crippen LogP contribution in [0.3, 0.4) is 0 Å². The van der Waals surface area contributed by atoms with Crippen LogP contribution in [-0.4, -0.2) is 0 Å². The zero-order chi connectivity index (χ0) is 12.4. The highest BCUT2D eigenvalue weighted by atomic mass is 35.5. The number of halogens is 1. The first-order valence-electron chi connectivity index (χ1n) is 5.39. The summed E-state index contributed by atoms with van der Waals surface area (Å²) in [4.78, 5) is 0. The molecule has 0 saturated carbocycles. The number of rotatable bonds is 2. The number of hydrogen-bond acceptors (Lipinski definition) is 1. The molecule has 0 unspecified atom stereocenters. The summed E-state index contributed by atoms with van der Waals surface area (Å²) in [7, 11) is 0. The predicted octanol–water partition coefficient (Wildman–Crippen LogP) is 4.29. The predicted molar refractivity (Wildman–Crippen MR) is 75.2 cm³/mol. The first-order chi connectivity index (χ1) is 8.08. The van der Waals surface area contributed by atoms with Crippen molar-refractivity contribution in [2.24, 2.45) is 0 Å². The lowest BCUT2D eigenvalue weighted by Gasteiger charge is -2.10. The lowest BCUT2D eigenvalue weighted by Crippen LogP contribution is -1.95. The number of aryl methyl sites for hydroxylation is 1. The van der Waals surface area contributed by atoms with Gasteiger partial charge in [0, 0.05) is 16.3 Å². The van der Waals surface area contributed by atoms with Crippen LogP contribution >= 0.6 is 11.6 Å². The van der Waals surface area contributed by atoms with Gasteiger partial charge < -0.3 is 5.73 Å². The monoisotopic (exact) mass is 243 g/mol. The van der Waals surface area contributed by atoms with Gasteiger partial charge in [-0.25, -0.2) is 0 Å². The van der Waals surface area contributed by atoms with E-state index in [1.165, 1.54) is 5.56 Å². The van der Waals surface area contributed by atoms with Crippen molar-refractivity contribution < 1.29 is 0 Å². The Hall–Kier alpha value is -1.73. The van der Waals surface area contributed by atoms with E-state index in [-0.39, 0.29) is 0 Å². The first-order valence-corrected chi connectivity index (χ1v) is 5.77. The number of anilines is 1. The normalized spacial score (nSPS) is 10.2. The maximum absolute atomic E-state index is 5.97. The molecule has 2 rings (SSSR count). The second kappa shape index (κ2) is 4.64. The van der Waals surface area contributed by atoms with E-state index in [0.29, 0.717) is 0 Å². The van der Waals surface area contributed by atoms with E-state index in [0.717, 1.165) is 27.4 Å². The van der Waals surface area contributed by atoms with Crippen LogP contribution in [0, 0.1) is 6.92 Å². The molecule has 0 heterocycles. The molecule has 2 heteroatoms. The molecule has 0 fully saturated rings. The van der Waals surface area contributed by atoms with Crippen LogP contribution in [0.1, 0.15) is 16.7 Å². The minimum Gasteiger partial charge on any atom is -0.398 e. The van der Waals surface area contributed by atoms with Crippen molar-refractivity contribution in [1.82, 2.24) is 0 Å². The van der Waals surface area contributed by atoms with Crippen molar-refractivity contribution >= 4 is 22.9 Å². The fourth-order valence-corrected chi connectivity index (χ4v) is 1.86. The molecule has 0 atom stereocenters. The van der Waals surface area contributed by atoms with Gasteiger partial charge in [-0.1, -0.05) is 41.9 Å². The highest BCUT2D eigenvalue weighted by molar-refractivity contribution is 6.30. The van der Waals surface area contributed by atoms with E-state index in [1.807, 2.05) is 49.4 Å². The average Bonchev–Trinajstić information content (AvgIpc) is 2.32. The van der Waals surface area contributed by atoms with Gasteiger partial charge in [0.25, 0.3) is 0 Å². The summed E-state index contributed by atoms with van der Waals surface area (Å²) in [6, 6.07) is 13.6. The molecule has 0 radical (unpaired) electrons. The van der Waals surface area contributed by atoms with Gasteiger partial charge >= 0.3 is 0 Å². The van der Waals surface area contributed by atoms with Gasteiger partial charge in [0.05, 0.1) is 0 Å². The molecule has 2 aromatic carbocycles. The highest BCUT2D eigenvalue weighted by Gasteiger charge is 2.06. The molecule has 0 bridgehead atoms. The third-order valence-corrected chi connectivity index (χ3v) is 2.98. The summed E-state index contributed by atoms with van der Waals surface area (Å²) in [5.41, 5.74) is 10.8. The summed E-state index contributed by atoms with van der Waals surface area (Å²) in [6.07, 6.45) is 0. The van der Waals surface area contributed by atoms with E-state index >= 15 is 0 Å². The highest BCUT2D eigenvalue weighted by Crippen LogP contribution is 2.27. The van der Waals surface area contributed by atoms with Crippen molar-refractivity contribution in [2.75, 3.05) is 5.73 Å². The van der Waals surface area contributed by atoms with Crippen LogP contribution < -0.4 is 5.73 Å². The van der Waals surface area contributed by atoms with Gasteiger partial charge in [0.1, 0.15) is 0 Å². The third-order valence-electron chi connectivity index (χ3n) is 2.73. The Kier molecular flexibility index (Phi) is 3.21. The van der Waals surface area contributed by atoms with Crippen molar-refractivity contribution in [1.29, 1.82) is 0 Å². The minimum atomic E-state index is 0.721. The van der Waals surface area contributed by atoms with Crippen molar-refractivity contribution in [3.8, 4) is 0 Å². The molecule has 0 aliphatic carbocycles. The van der Waals surface area contributed by atoms with E-state index in [1.54, 1.807) is 0 Å². The number of hydrogen-bond donors (Lipinski definition) is 1. The maximum atomic E-state index is 5.97. The second-order valence-electron chi connectivity index (χ2n) is 4.08. The third kappa shape index (κ3) is 2.51. The Morgan fingerprint density at radius 1 is 1.12 bits per heavy atom. The zero-order valence-electron chi connectivity index (χ0n) is 9.70. The van der Waals surface area contributed by atoms with Gasteiger partial charge in [-0.15, -0.1) is 0 Å². The van der Waals surface area contributed by atoms with Crippen LogP contribution in [-0.2, 0) is 0 Å². The molecular weight excluding hydrogens is 230 g/mol. The molecule has 0 aliphatic rings. The van der Waals surface area contributed by atoms with Crippen LogP contribution in [0.4, 0.5) is 5.69 Å². The molecule has 0 spiro atoms. The van der Waals surface area contributed by atoms with Crippen molar-refractivity contribution in [2.45, 2.75) is 6.92 Å². The van der Waals surface area contributed by atoms with Gasteiger partial charge in [0.15, 0.2) is 0 Å². The number of nitrogens with two attached hydrogens (primary N) is 1. The molecule has 2 N–H and O–H groups in total. The molecule has 0 aliphatic heterocycles. The fourth-order valence-electron chi connectivity index (χ4n) is 1.74. The molecule has 0 amide bonds. The van der Waals surface area contributed by atoms with Crippen LogP contribution in [0.5, 0.6) is 0 Å². The lowest BCUT2D eigenvalue weighted by molar-refractivity contribution is 1.44. The molecule has 17 heavy (non-hydrogen) atoms. The summed E-state index contributed by atoms with van der Waals surface area (Å²) >= 11 is 5.86. The average molecular weight is 244 g/mol. The van der Waals surface area contributed by atoms with Crippen molar-refractivity contribution in [3.05, 3.63) is 70.8 Å². The molecule has 0 saturated heterocycles. The smallest absolute Gasteiger partial charge is 0.0406 e. The summed E-state index contributed by atoms with van der Waals surface area (Å²) in [6.45, 7) is 6.14.